The molecule has 1 aromatic carbocycles. The van der Waals surface area contributed by atoms with E-state index in [-0.39, 0.29) is 17.9 Å². The van der Waals surface area contributed by atoms with Crippen molar-refractivity contribution < 1.29 is 4.79 Å². The van der Waals surface area contributed by atoms with Crippen LogP contribution in [0.2, 0.25) is 0 Å². The van der Waals surface area contributed by atoms with Gasteiger partial charge in [-0.3, -0.25) is 18.6 Å². The van der Waals surface area contributed by atoms with Crippen LogP contribution in [-0.4, -0.2) is 25.1 Å². The van der Waals surface area contributed by atoms with E-state index in [1.54, 1.807) is 4.57 Å². The molecule has 1 N–H and O–H groups in total. The summed E-state index contributed by atoms with van der Waals surface area (Å²) >= 11 is 1.42. The predicted molar refractivity (Wildman–Crippen MR) is 116 cm³/mol. The van der Waals surface area contributed by atoms with E-state index in [9.17, 15) is 9.59 Å². The van der Waals surface area contributed by atoms with Gasteiger partial charge in [-0.1, -0.05) is 13.0 Å². The molecule has 0 atom stereocenters. The zero-order chi connectivity index (χ0) is 20.5. The van der Waals surface area contributed by atoms with Crippen LogP contribution in [0.1, 0.15) is 36.7 Å². The topological polar surface area (TPSA) is 81.3 Å². The van der Waals surface area contributed by atoms with E-state index >= 15 is 0 Å². The van der Waals surface area contributed by atoms with E-state index in [0.717, 1.165) is 28.8 Å². The summed E-state index contributed by atoms with van der Waals surface area (Å²) in [6, 6.07) is 7.89. The van der Waals surface area contributed by atoms with Crippen LogP contribution in [0.3, 0.4) is 0 Å². The van der Waals surface area contributed by atoms with Gasteiger partial charge in [-0.25, -0.2) is 0 Å². The van der Waals surface area contributed by atoms with Crippen molar-refractivity contribution in [1.29, 1.82) is 0 Å². The maximum absolute atomic E-state index is 12.8. The molecule has 0 bridgehead atoms. The zero-order valence-electron chi connectivity index (χ0n) is 16.7. The molecule has 0 unspecified atom stereocenters. The molecule has 0 aliphatic heterocycles. The lowest BCUT2D eigenvalue weighted by Gasteiger charge is -2.09. The molecule has 0 spiro atoms. The molecule has 150 valence electrons. The highest BCUT2D eigenvalue weighted by molar-refractivity contribution is 7.17. The van der Waals surface area contributed by atoms with E-state index in [2.05, 4.69) is 21.6 Å². The largest absolute Gasteiger partial charge is 0.326 e. The van der Waals surface area contributed by atoms with Gasteiger partial charge in [0.1, 0.15) is 10.5 Å². The number of nitrogens with zero attached hydrogens (tertiary/aromatic N) is 4. The average Bonchev–Trinajstić information content (AvgIpc) is 3.29. The molecule has 0 saturated carbocycles. The predicted octanol–water partition coefficient (Wildman–Crippen LogP) is 3.70. The molecule has 3 heterocycles. The molecule has 0 aliphatic carbocycles. The van der Waals surface area contributed by atoms with Gasteiger partial charge in [0.05, 0.1) is 5.52 Å². The Labute approximate surface area is 172 Å². The number of rotatable bonds is 6. The van der Waals surface area contributed by atoms with Crippen LogP contribution in [0, 0.1) is 13.8 Å². The summed E-state index contributed by atoms with van der Waals surface area (Å²) in [6.07, 6.45) is 1.55. The molecular formula is C21H23N5O2S. The van der Waals surface area contributed by atoms with Gasteiger partial charge in [0.25, 0.3) is 5.56 Å². The number of aromatic nitrogens is 4. The third kappa shape index (κ3) is 3.67. The Balaban J connectivity index is 1.62. The molecule has 0 saturated heterocycles. The van der Waals surface area contributed by atoms with Crippen LogP contribution < -0.4 is 10.9 Å². The first-order valence-corrected chi connectivity index (χ1v) is 10.6. The summed E-state index contributed by atoms with van der Waals surface area (Å²) in [5, 5.41) is 13.4. The highest BCUT2D eigenvalue weighted by Gasteiger charge is 2.17. The Kier molecular flexibility index (Phi) is 5.19. The molecule has 7 nitrogen and oxygen atoms in total. The molecular weight excluding hydrogens is 386 g/mol. The fourth-order valence-electron chi connectivity index (χ4n) is 3.66. The molecule has 0 radical (unpaired) electrons. The molecule has 4 aromatic rings. The Morgan fingerprint density at radius 3 is 2.66 bits per heavy atom. The fraction of sp³-hybridized carbons (Fsp3) is 0.333. The van der Waals surface area contributed by atoms with Gasteiger partial charge in [-0.2, -0.15) is 0 Å². The number of hydrogen-bond acceptors (Lipinski definition) is 5. The molecule has 3 aromatic heterocycles. The second-order valence-electron chi connectivity index (χ2n) is 7.27. The van der Waals surface area contributed by atoms with Crippen molar-refractivity contribution in [3.63, 3.8) is 0 Å². The number of nitrogens with one attached hydrogen (secondary N) is 1. The lowest BCUT2D eigenvalue weighted by Crippen LogP contribution is -2.22. The molecule has 0 aliphatic rings. The number of hydrogen-bond donors (Lipinski definition) is 1. The minimum Gasteiger partial charge on any atom is -0.326 e. The number of carbonyl (C=O) groups excluding carboxylic acids is 1. The van der Waals surface area contributed by atoms with Crippen molar-refractivity contribution in [3.8, 4) is 0 Å². The first-order valence-electron chi connectivity index (χ1n) is 9.70. The first-order chi connectivity index (χ1) is 14.0. The van der Waals surface area contributed by atoms with Gasteiger partial charge in [0.2, 0.25) is 11.7 Å². The van der Waals surface area contributed by atoms with Crippen molar-refractivity contribution in [2.45, 2.75) is 46.6 Å². The first kappa shape index (κ1) is 19.3. The average molecular weight is 410 g/mol. The Morgan fingerprint density at radius 2 is 1.93 bits per heavy atom. The Bertz CT molecular complexity index is 1250. The summed E-state index contributed by atoms with van der Waals surface area (Å²) in [4.78, 5) is 25.2. The van der Waals surface area contributed by atoms with Crippen LogP contribution in [0.4, 0.5) is 5.69 Å². The van der Waals surface area contributed by atoms with Crippen LogP contribution >= 0.6 is 11.3 Å². The third-order valence-electron chi connectivity index (χ3n) is 4.81. The molecule has 1 amide bonds. The Morgan fingerprint density at radius 1 is 1.17 bits per heavy atom. The highest BCUT2D eigenvalue weighted by atomic mass is 32.1. The smallest absolute Gasteiger partial charge is 0.272 e. The van der Waals surface area contributed by atoms with Crippen LogP contribution in [0.15, 0.2) is 34.4 Å². The van der Waals surface area contributed by atoms with Gasteiger partial charge in [0.15, 0.2) is 0 Å². The lowest BCUT2D eigenvalue weighted by molar-refractivity contribution is -0.116. The van der Waals surface area contributed by atoms with E-state index in [1.165, 1.54) is 11.3 Å². The quantitative estimate of drug-likeness (QED) is 0.526. The van der Waals surface area contributed by atoms with Crippen LogP contribution in [-0.2, 0) is 17.8 Å². The van der Waals surface area contributed by atoms with E-state index < -0.39 is 0 Å². The zero-order valence-corrected chi connectivity index (χ0v) is 17.5. The van der Waals surface area contributed by atoms with Crippen LogP contribution in [0.5, 0.6) is 0 Å². The summed E-state index contributed by atoms with van der Waals surface area (Å²) in [6.45, 7) is 6.62. The van der Waals surface area contributed by atoms with Gasteiger partial charge in [-0.15, -0.1) is 21.5 Å². The third-order valence-corrected chi connectivity index (χ3v) is 5.70. The highest BCUT2D eigenvalue weighted by Crippen LogP contribution is 2.21. The molecule has 29 heavy (non-hydrogen) atoms. The van der Waals surface area contributed by atoms with Crippen molar-refractivity contribution in [2.75, 3.05) is 5.32 Å². The summed E-state index contributed by atoms with van der Waals surface area (Å²) in [5.74, 6) is 1.14. The maximum atomic E-state index is 12.8. The second kappa shape index (κ2) is 7.79. The number of fused-ring (bicyclic) bond motifs is 3. The van der Waals surface area contributed by atoms with E-state index in [0.29, 0.717) is 29.3 Å². The van der Waals surface area contributed by atoms with Crippen molar-refractivity contribution in [1.82, 2.24) is 19.2 Å². The fourth-order valence-corrected chi connectivity index (χ4v) is 4.49. The maximum Gasteiger partial charge on any atom is 0.272 e. The second-order valence-corrected chi connectivity index (χ2v) is 8.18. The van der Waals surface area contributed by atoms with Crippen LogP contribution in [0.25, 0.3) is 16.0 Å². The molecule has 8 heteroatoms. The monoisotopic (exact) mass is 409 g/mol. The van der Waals surface area contributed by atoms with Gasteiger partial charge in [-0.05, 0) is 55.0 Å². The minimum absolute atomic E-state index is 0.0316. The number of anilines is 1. The SMILES string of the molecule is CCCn1c(=O)c2sccc2n2c(CCC(=O)Nc3cc(C)cc(C)c3)nnc12. The number of aryl methyl sites for hydroxylation is 4. The van der Waals surface area contributed by atoms with Gasteiger partial charge >= 0.3 is 0 Å². The number of amides is 1. The van der Waals surface area contributed by atoms with Gasteiger partial charge < -0.3 is 5.32 Å². The number of carbonyl (C=O) groups is 1. The summed E-state index contributed by atoms with van der Waals surface area (Å²) < 4.78 is 4.27. The molecule has 4 rings (SSSR count). The number of thiophene rings is 1. The normalized spacial score (nSPS) is 11.4. The lowest BCUT2D eigenvalue weighted by atomic mass is 10.1. The van der Waals surface area contributed by atoms with Crippen molar-refractivity contribution in [3.05, 3.63) is 57.0 Å². The van der Waals surface area contributed by atoms with E-state index in [4.69, 9.17) is 0 Å². The standard InChI is InChI=1S/C21H23N5O2S/c1-4-8-25-20(28)19-16(7-9-29-19)26-17(23-24-21(25)26)5-6-18(27)22-15-11-13(2)10-14(3)12-15/h7,9-12H,4-6,8H2,1-3H3,(H,22,27). The van der Waals surface area contributed by atoms with Crippen molar-refractivity contribution in [2.24, 2.45) is 0 Å². The Hall–Kier alpha value is -3.00. The summed E-state index contributed by atoms with van der Waals surface area (Å²) in [5.41, 5.74) is 3.79. The van der Waals surface area contributed by atoms with Crippen molar-refractivity contribution >= 4 is 38.9 Å². The molecule has 0 fully saturated rings. The summed E-state index contributed by atoms with van der Waals surface area (Å²) in [7, 11) is 0. The number of benzene rings is 1. The van der Waals surface area contributed by atoms with Gasteiger partial charge in [0, 0.05) is 25.1 Å². The van der Waals surface area contributed by atoms with E-state index in [1.807, 2.05) is 48.8 Å². The minimum atomic E-state index is -0.0739.